The van der Waals surface area contributed by atoms with Gasteiger partial charge < -0.3 is 9.47 Å². The highest BCUT2D eigenvalue weighted by Crippen LogP contribution is 2.27. The maximum absolute atomic E-state index is 11.2. The predicted molar refractivity (Wildman–Crippen MR) is 74.9 cm³/mol. The third-order valence-corrected chi connectivity index (χ3v) is 4.74. The molecule has 0 bridgehead atoms. The van der Waals surface area contributed by atoms with Crippen LogP contribution >= 0.6 is 7.59 Å². The van der Waals surface area contributed by atoms with E-state index in [2.05, 4.69) is 0 Å². The van der Waals surface area contributed by atoms with E-state index in [1.807, 2.05) is 0 Å². The Hall–Kier alpha value is -0.180. The van der Waals surface area contributed by atoms with Crippen LogP contribution in [0.2, 0.25) is 0 Å². The van der Waals surface area contributed by atoms with Crippen LogP contribution in [0.25, 0.3) is 0 Å². The smallest absolute Gasteiger partial charge is 0.192 e. The summed E-state index contributed by atoms with van der Waals surface area (Å²) in [6, 6.07) is 0. The van der Waals surface area contributed by atoms with Crippen LogP contribution in [0.15, 0.2) is 0 Å². The van der Waals surface area contributed by atoms with E-state index in [4.69, 9.17) is 14.6 Å². The average Bonchev–Trinajstić information content (AvgIpc) is 2.40. The first kappa shape index (κ1) is 15.2. The Balaban J connectivity index is 1.82. The maximum Gasteiger partial charge on any atom is 0.192 e. The molecular formula is C14H26NO3P. The number of rotatable bonds is 6. The Labute approximate surface area is 116 Å². The van der Waals surface area contributed by atoms with Crippen LogP contribution in [0.4, 0.5) is 0 Å². The summed E-state index contributed by atoms with van der Waals surface area (Å²) in [4.78, 5) is 0. The second-order valence-corrected chi connectivity index (χ2v) is 6.90. The van der Waals surface area contributed by atoms with Gasteiger partial charge in [0, 0.05) is 0 Å². The molecule has 0 heterocycles. The zero-order valence-electron chi connectivity index (χ0n) is 11.7. The van der Waals surface area contributed by atoms with Crippen LogP contribution in [-0.4, -0.2) is 24.7 Å². The van der Waals surface area contributed by atoms with Crippen molar-refractivity contribution >= 4 is 7.59 Å². The normalized spacial score (nSPS) is 23.7. The summed E-state index contributed by atoms with van der Waals surface area (Å²) < 4.78 is 23.2. The van der Waals surface area contributed by atoms with Crippen LogP contribution in [0.3, 0.4) is 0 Å². The Kier molecular flexibility index (Phi) is 6.55. The second-order valence-electron chi connectivity index (χ2n) is 5.78. The van der Waals surface area contributed by atoms with Crippen molar-refractivity contribution in [3.05, 3.63) is 0 Å². The molecule has 0 aromatic heterocycles. The van der Waals surface area contributed by atoms with Gasteiger partial charge >= 0.3 is 0 Å². The molecule has 0 saturated heterocycles. The summed E-state index contributed by atoms with van der Waals surface area (Å²) in [5.41, 5.74) is 0. The van der Waals surface area contributed by atoms with E-state index in [-0.39, 0.29) is 18.4 Å². The quantitative estimate of drug-likeness (QED) is 0.573. The number of ether oxygens (including phenoxy) is 2. The Morgan fingerprint density at radius 1 is 0.895 bits per heavy atom. The number of nitrogens with one attached hydrogen (secondary N) is 1. The molecule has 2 rings (SSSR count). The summed E-state index contributed by atoms with van der Waals surface area (Å²) in [6.07, 6.45) is 12.1. The van der Waals surface area contributed by atoms with Crippen LogP contribution < -0.4 is 0 Å². The van der Waals surface area contributed by atoms with E-state index in [1.54, 1.807) is 0 Å². The molecule has 0 aliphatic heterocycles. The van der Waals surface area contributed by atoms with E-state index in [0.29, 0.717) is 0 Å². The first-order valence-corrected chi connectivity index (χ1v) is 9.15. The molecule has 0 spiro atoms. The summed E-state index contributed by atoms with van der Waals surface area (Å²) in [5.74, 6) is 0. The largest absolute Gasteiger partial charge is 0.349 e. The lowest BCUT2D eigenvalue weighted by molar-refractivity contribution is -0.191. The molecule has 1 N–H and O–H groups in total. The van der Waals surface area contributed by atoms with E-state index >= 15 is 0 Å². The molecule has 1 atom stereocenters. The molecular weight excluding hydrogens is 261 g/mol. The average molecular weight is 287 g/mol. The third kappa shape index (κ3) is 5.76. The highest BCUT2D eigenvalue weighted by molar-refractivity contribution is 7.32. The zero-order chi connectivity index (χ0) is 13.5. The molecule has 0 radical (unpaired) electrons. The topological polar surface area (TPSA) is 59.4 Å². The lowest BCUT2D eigenvalue weighted by Crippen LogP contribution is -2.32. The number of hydrogen-bond donors (Lipinski definition) is 1. The van der Waals surface area contributed by atoms with Gasteiger partial charge in [-0.15, -0.1) is 0 Å². The molecule has 4 nitrogen and oxygen atoms in total. The summed E-state index contributed by atoms with van der Waals surface area (Å²) in [7, 11) is -1.94. The van der Waals surface area contributed by atoms with Gasteiger partial charge in [-0.05, 0) is 25.7 Å². The molecule has 19 heavy (non-hydrogen) atoms. The van der Waals surface area contributed by atoms with E-state index in [9.17, 15) is 4.57 Å². The van der Waals surface area contributed by atoms with Crippen molar-refractivity contribution in [1.29, 1.82) is 5.16 Å². The lowest BCUT2D eigenvalue weighted by Gasteiger charge is -2.30. The van der Waals surface area contributed by atoms with Crippen molar-refractivity contribution < 1.29 is 14.0 Å². The van der Waals surface area contributed by atoms with Gasteiger partial charge in [0.25, 0.3) is 0 Å². The third-order valence-electron chi connectivity index (χ3n) is 4.11. The summed E-state index contributed by atoms with van der Waals surface area (Å²) >= 11 is 0. The van der Waals surface area contributed by atoms with Gasteiger partial charge in [-0.25, -0.2) is 0 Å². The highest BCUT2D eigenvalue weighted by Gasteiger charge is 2.24. The molecule has 0 aromatic carbocycles. The highest BCUT2D eigenvalue weighted by atomic mass is 31.1. The minimum atomic E-state index is -1.94. The first-order chi connectivity index (χ1) is 9.24. The maximum atomic E-state index is 11.2. The molecule has 2 aliphatic rings. The summed E-state index contributed by atoms with van der Waals surface area (Å²) in [5, 5.41) is 7.29. The van der Waals surface area contributed by atoms with Crippen LogP contribution in [0, 0.1) is 5.16 Å². The number of hydrogen-bond acceptors (Lipinski definition) is 4. The van der Waals surface area contributed by atoms with Crippen LogP contribution in [0.1, 0.15) is 64.2 Å². The van der Waals surface area contributed by atoms with Gasteiger partial charge in [0.1, 0.15) is 0 Å². The van der Waals surface area contributed by atoms with Gasteiger partial charge in [0.15, 0.2) is 13.9 Å². The second kappa shape index (κ2) is 8.18. The first-order valence-electron chi connectivity index (χ1n) is 7.71. The molecule has 5 heteroatoms. The van der Waals surface area contributed by atoms with E-state index in [1.165, 1.54) is 38.5 Å². The van der Waals surface area contributed by atoms with E-state index < -0.39 is 13.9 Å². The van der Waals surface area contributed by atoms with Crippen molar-refractivity contribution in [2.75, 3.05) is 6.16 Å². The zero-order valence-corrected chi connectivity index (χ0v) is 12.6. The fourth-order valence-electron chi connectivity index (χ4n) is 3.09. The van der Waals surface area contributed by atoms with E-state index in [0.717, 1.165) is 25.7 Å². The van der Waals surface area contributed by atoms with Gasteiger partial charge in [0.05, 0.1) is 18.4 Å². The van der Waals surface area contributed by atoms with Crippen molar-refractivity contribution in [3.8, 4) is 0 Å². The fourth-order valence-corrected chi connectivity index (χ4v) is 3.53. The molecule has 2 saturated carbocycles. The minimum absolute atomic E-state index is 0.225. The molecule has 1 unspecified atom stereocenters. The molecule has 0 aromatic rings. The molecule has 0 amide bonds. The summed E-state index contributed by atoms with van der Waals surface area (Å²) in [6.45, 7) is 0. The molecule has 2 aliphatic carbocycles. The minimum Gasteiger partial charge on any atom is -0.349 e. The SMILES string of the molecule is N=P(=O)CC(OC1CCCCC1)OC1CCCCC1. The van der Waals surface area contributed by atoms with Gasteiger partial charge in [0.2, 0.25) is 0 Å². The predicted octanol–water partition coefficient (Wildman–Crippen LogP) is 4.60. The fraction of sp³-hybridized carbons (Fsp3) is 1.00. The Morgan fingerprint density at radius 3 is 1.68 bits per heavy atom. The van der Waals surface area contributed by atoms with Crippen molar-refractivity contribution in [2.24, 2.45) is 0 Å². The standard InChI is InChI=1S/C14H26NO3P/c15-19(16)11-14(17-12-7-3-1-4-8-12)18-13-9-5-2-6-10-13/h12-15H,1-11H2. The lowest BCUT2D eigenvalue weighted by atomic mass is 9.97. The van der Waals surface area contributed by atoms with Crippen molar-refractivity contribution in [1.82, 2.24) is 0 Å². The van der Waals surface area contributed by atoms with Crippen LogP contribution in [0.5, 0.6) is 0 Å². The van der Waals surface area contributed by atoms with Gasteiger partial charge in [-0.2, -0.15) is 0 Å². The monoisotopic (exact) mass is 287 g/mol. The molecule has 2 fully saturated rings. The van der Waals surface area contributed by atoms with Crippen molar-refractivity contribution in [3.63, 3.8) is 0 Å². The molecule has 110 valence electrons. The van der Waals surface area contributed by atoms with Crippen molar-refractivity contribution in [2.45, 2.75) is 82.7 Å². The Morgan fingerprint density at radius 2 is 1.32 bits per heavy atom. The van der Waals surface area contributed by atoms with Crippen LogP contribution in [-0.2, 0) is 14.0 Å². The van der Waals surface area contributed by atoms with Gasteiger partial charge in [-0.1, -0.05) is 38.5 Å². The van der Waals surface area contributed by atoms with Gasteiger partial charge in [-0.3, -0.25) is 9.73 Å². The Bertz CT molecular complexity index is 293.